The van der Waals surface area contributed by atoms with Crippen LogP contribution in [0.3, 0.4) is 0 Å². The van der Waals surface area contributed by atoms with Crippen molar-refractivity contribution in [3.8, 4) is 5.75 Å². The SMILES string of the molecule is COc1ccc(CCC(=O)NCc2cccc(S(=O)(=O)N3CCCCC3)c2)cc1Br. The zero-order valence-corrected chi connectivity index (χ0v) is 19.5. The maximum Gasteiger partial charge on any atom is 0.243 e. The Kier molecular flexibility index (Phi) is 7.91. The smallest absolute Gasteiger partial charge is 0.243 e. The van der Waals surface area contributed by atoms with Crippen molar-refractivity contribution in [3.05, 3.63) is 58.1 Å². The summed E-state index contributed by atoms with van der Waals surface area (Å²) in [6, 6.07) is 12.6. The number of methoxy groups -OCH3 is 1. The van der Waals surface area contributed by atoms with Gasteiger partial charge in [0, 0.05) is 26.1 Å². The number of sulfonamides is 1. The quantitative estimate of drug-likeness (QED) is 0.603. The van der Waals surface area contributed by atoms with Gasteiger partial charge in [0.1, 0.15) is 5.75 Å². The second-order valence-corrected chi connectivity index (χ2v) is 10.2. The Bertz CT molecular complexity index is 988. The van der Waals surface area contributed by atoms with E-state index in [1.54, 1.807) is 29.6 Å². The van der Waals surface area contributed by atoms with Crippen LogP contribution in [-0.4, -0.2) is 38.8 Å². The molecule has 0 unspecified atom stereocenters. The van der Waals surface area contributed by atoms with E-state index in [0.29, 0.717) is 37.4 Å². The number of hydrogen-bond acceptors (Lipinski definition) is 4. The first-order valence-electron chi connectivity index (χ1n) is 10.1. The normalized spacial score (nSPS) is 15.0. The number of piperidine rings is 1. The zero-order chi connectivity index (χ0) is 21.6. The molecule has 1 fully saturated rings. The number of carbonyl (C=O) groups is 1. The third-order valence-electron chi connectivity index (χ3n) is 5.20. The molecule has 162 valence electrons. The molecule has 0 atom stereocenters. The fraction of sp³-hybridized carbons (Fsp3) is 0.409. The number of ether oxygens (including phenoxy) is 1. The first-order chi connectivity index (χ1) is 14.4. The van der Waals surface area contributed by atoms with Gasteiger partial charge in [0.25, 0.3) is 0 Å². The van der Waals surface area contributed by atoms with E-state index in [4.69, 9.17) is 4.74 Å². The van der Waals surface area contributed by atoms with Crippen molar-refractivity contribution in [3.63, 3.8) is 0 Å². The number of aryl methyl sites for hydroxylation is 1. The van der Waals surface area contributed by atoms with E-state index in [2.05, 4.69) is 21.2 Å². The Morgan fingerprint density at radius 2 is 1.87 bits per heavy atom. The summed E-state index contributed by atoms with van der Waals surface area (Å²) >= 11 is 3.45. The predicted molar refractivity (Wildman–Crippen MR) is 120 cm³/mol. The van der Waals surface area contributed by atoms with Gasteiger partial charge in [-0.05, 0) is 70.6 Å². The average molecular weight is 495 g/mol. The molecule has 1 aliphatic heterocycles. The summed E-state index contributed by atoms with van der Waals surface area (Å²) in [5, 5.41) is 2.88. The number of halogens is 1. The highest BCUT2D eigenvalue weighted by atomic mass is 79.9. The molecule has 0 aliphatic carbocycles. The summed E-state index contributed by atoms with van der Waals surface area (Å²) in [5.41, 5.74) is 1.81. The maximum atomic E-state index is 12.8. The number of carbonyl (C=O) groups excluding carboxylic acids is 1. The summed E-state index contributed by atoms with van der Waals surface area (Å²) in [4.78, 5) is 12.5. The van der Waals surface area contributed by atoms with Crippen molar-refractivity contribution in [2.75, 3.05) is 20.2 Å². The van der Waals surface area contributed by atoms with Crippen LogP contribution in [0.1, 0.15) is 36.8 Å². The summed E-state index contributed by atoms with van der Waals surface area (Å²) in [6.45, 7) is 1.45. The largest absolute Gasteiger partial charge is 0.496 e. The molecular formula is C22H27BrN2O4S. The van der Waals surface area contributed by atoms with E-state index in [1.807, 2.05) is 24.3 Å². The molecule has 1 aliphatic rings. The Morgan fingerprint density at radius 3 is 2.57 bits per heavy atom. The predicted octanol–water partition coefficient (Wildman–Crippen LogP) is 3.88. The monoisotopic (exact) mass is 494 g/mol. The van der Waals surface area contributed by atoms with E-state index in [-0.39, 0.29) is 5.91 Å². The minimum Gasteiger partial charge on any atom is -0.496 e. The summed E-state index contributed by atoms with van der Waals surface area (Å²) < 4.78 is 33.3. The van der Waals surface area contributed by atoms with Gasteiger partial charge in [-0.15, -0.1) is 0 Å². The third-order valence-corrected chi connectivity index (χ3v) is 7.71. The third kappa shape index (κ3) is 5.83. The van der Waals surface area contributed by atoms with Crippen molar-refractivity contribution in [2.45, 2.75) is 43.5 Å². The van der Waals surface area contributed by atoms with Crippen LogP contribution < -0.4 is 10.1 Å². The highest BCUT2D eigenvalue weighted by molar-refractivity contribution is 9.10. The zero-order valence-electron chi connectivity index (χ0n) is 17.1. The molecule has 1 N–H and O–H groups in total. The van der Waals surface area contributed by atoms with E-state index < -0.39 is 10.0 Å². The van der Waals surface area contributed by atoms with Crippen LogP contribution in [0.15, 0.2) is 51.8 Å². The molecule has 0 bridgehead atoms. The lowest BCUT2D eigenvalue weighted by molar-refractivity contribution is -0.121. The molecule has 2 aromatic rings. The van der Waals surface area contributed by atoms with Crippen molar-refractivity contribution in [2.24, 2.45) is 0 Å². The summed E-state index contributed by atoms with van der Waals surface area (Å²) in [6.07, 6.45) is 3.84. The van der Waals surface area contributed by atoms with Gasteiger partial charge in [-0.1, -0.05) is 24.6 Å². The number of rotatable bonds is 8. The standard InChI is InChI=1S/C22H27BrN2O4S/c1-29-21-10-8-17(15-20(21)23)9-11-22(26)24-16-18-6-5-7-19(14-18)30(27,28)25-12-3-2-4-13-25/h5-8,10,14-15H,2-4,9,11-13,16H2,1H3,(H,24,26). The molecule has 0 spiro atoms. The summed E-state index contributed by atoms with van der Waals surface area (Å²) in [7, 11) is -1.86. The van der Waals surface area contributed by atoms with Crippen LogP contribution in [0, 0.1) is 0 Å². The molecule has 8 heteroatoms. The van der Waals surface area contributed by atoms with Crippen LogP contribution in [0.2, 0.25) is 0 Å². The molecule has 0 aromatic heterocycles. The molecule has 1 amide bonds. The lowest BCUT2D eigenvalue weighted by Crippen LogP contribution is -2.35. The Balaban J connectivity index is 1.55. The Labute approximate surface area is 186 Å². The lowest BCUT2D eigenvalue weighted by Gasteiger charge is -2.26. The molecule has 1 heterocycles. The van der Waals surface area contributed by atoms with E-state index in [1.165, 1.54) is 0 Å². The molecule has 2 aromatic carbocycles. The number of nitrogens with one attached hydrogen (secondary N) is 1. The van der Waals surface area contributed by atoms with Gasteiger partial charge in [-0.3, -0.25) is 4.79 Å². The number of hydrogen-bond donors (Lipinski definition) is 1. The average Bonchev–Trinajstić information content (AvgIpc) is 2.77. The Morgan fingerprint density at radius 1 is 1.10 bits per heavy atom. The van der Waals surface area contributed by atoms with Gasteiger partial charge in [-0.2, -0.15) is 4.31 Å². The van der Waals surface area contributed by atoms with Gasteiger partial charge >= 0.3 is 0 Å². The fourth-order valence-corrected chi connectivity index (χ4v) is 5.66. The second kappa shape index (κ2) is 10.4. The first-order valence-corrected chi connectivity index (χ1v) is 12.3. The van der Waals surface area contributed by atoms with Crippen LogP contribution in [0.5, 0.6) is 5.75 Å². The molecule has 6 nitrogen and oxygen atoms in total. The van der Waals surface area contributed by atoms with Crippen molar-refractivity contribution >= 4 is 31.9 Å². The van der Waals surface area contributed by atoms with Crippen molar-refractivity contribution < 1.29 is 17.9 Å². The number of nitrogens with zero attached hydrogens (tertiary/aromatic N) is 1. The van der Waals surface area contributed by atoms with Gasteiger partial charge in [0.2, 0.25) is 15.9 Å². The molecule has 1 saturated heterocycles. The fourth-order valence-electron chi connectivity index (χ4n) is 3.48. The minimum absolute atomic E-state index is 0.0776. The van der Waals surface area contributed by atoms with Crippen molar-refractivity contribution in [1.82, 2.24) is 9.62 Å². The molecule has 30 heavy (non-hydrogen) atoms. The van der Waals surface area contributed by atoms with Crippen molar-refractivity contribution in [1.29, 1.82) is 0 Å². The van der Waals surface area contributed by atoms with E-state index in [0.717, 1.165) is 40.6 Å². The van der Waals surface area contributed by atoms with Crippen LogP contribution in [0.25, 0.3) is 0 Å². The highest BCUT2D eigenvalue weighted by Gasteiger charge is 2.25. The minimum atomic E-state index is -3.47. The Hall–Kier alpha value is -1.90. The maximum absolute atomic E-state index is 12.8. The van der Waals surface area contributed by atoms with Gasteiger partial charge in [-0.25, -0.2) is 8.42 Å². The first kappa shape index (κ1) is 22.8. The van der Waals surface area contributed by atoms with Crippen LogP contribution in [0.4, 0.5) is 0 Å². The number of amides is 1. The van der Waals surface area contributed by atoms with Gasteiger partial charge in [0.05, 0.1) is 16.5 Å². The lowest BCUT2D eigenvalue weighted by atomic mass is 10.1. The van der Waals surface area contributed by atoms with Gasteiger partial charge < -0.3 is 10.1 Å². The number of benzene rings is 2. The van der Waals surface area contributed by atoms with Crippen LogP contribution in [-0.2, 0) is 27.8 Å². The molecular weight excluding hydrogens is 468 g/mol. The second-order valence-electron chi connectivity index (χ2n) is 7.36. The molecule has 0 radical (unpaired) electrons. The molecule has 3 rings (SSSR count). The van der Waals surface area contributed by atoms with E-state index in [9.17, 15) is 13.2 Å². The summed E-state index contributed by atoms with van der Waals surface area (Å²) in [5.74, 6) is 0.675. The topological polar surface area (TPSA) is 75.7 Å². The highest BCUT2D eigenvalue weighted by Crippen LogP contribution is 2.26. The molecule has 0 saturated carbocycles. The van der Waals surface area contributed by atoms with Gasteiger partial charge in [0.15, 0.2) is 0 Å². The van der Waals surface area contributed by atoms with Crippen LogP contribution >= 0.6 is 15.9 Å². The van der Waals surface area contributed by atoms with E-state index >= 15 is 0 Å².